The fourth-order valence-electron chi connectivity index (χ4n) is 3.60. The molecule has 120 valence electrons. The van der Waals surface area contributed by atoms with Crippen LogP contribution >= 0.6 is 0 Å². The Kier molecular flexibility index (Phi) is 3.83. The number of amides is 1. The second-order valence-corrected chi connectivity index (χ2v) is 6.13. The molecule has 2 aliphatic rings. The van der Waals surface area contributed by atoms with Gasteiger partial charge >= 0.3 is 0 Å². The molecule has 0 radical (unpaired) electrons. The van der Waals surface area contributed by atoms with Gasteiger partial charge in [-0.1, -0.05) is 12.8 Å². The molecule has 0 aromatic carbocycles. The lowest BCUT2D eigenvalue weighted by Crippen LogP contribution is -2.54. The first-order valence-corrected chi connectivity index (χ1v) is 8.20. The zero-order chi connectivity index (χ0) is 15.6. The average molecular weight is 312 g/mol. The van der Waals surface area contributed by atoms with E-state index >= 15 is 0 Å². The molecule has 0 bridgehead atoms. The van der Waals surface area contributed by atoms with Crippen LogP contribution < -0.4 is 0 Å². The summed E-state index contributed by atoms with van der Waals surface area (Å²) in [6, 6.07) is 3.84. The number of fused-ring (bicyclic) bond motifs is 1. The number of pyridine rings is 1. The lowest BCUT2D eigenvalue weighted by molar-refractivity contribution is -0.0752. The lowest BCUT2D eigenvalue weighted by atomic mass is 9.90. The van der Waals surface area contributed by atoms with Gasteiger partial charge in [0.1, 0.15) is 12.1 Å². The minimum atomic E-state index is 0.0777. The molecule has 0 N–H and O–H groups in total. The fourth-order valence-corrected chi connectivity index (χ4v) is 3.60. The summed E-state index contributed by atoms with van der Waals surface area (Å²) in [6.07, 6.45) is 11.6. The van der Waals surface area contributed by atoms with Crippen molar-refractivity contribution in [3.05, 3.63) is 42.6 Å². The number of morpholine rings is 1. The molecule has 6 heteroatoms. The van der Waals surface area contributed by atoms with E-state index in [4.69, 9.17) is 4.74 Å². The SMILES string of the molecule is O=C(c1ccnc(-n2ccnc2)c1)N1CCO[C@H]2CCCC[C@@H]21. The average Bonchev–Trinajstić information content (AvgIpc) is 3.15. The van der Waals surface area contributed by atoms with E-state index in [1.54, 1.807) is 29.4 Å². The summed E-state index contributed by atoms with van der Waals surface area (Å²) in [5, 5.41) is 0. The number of carbonyl (C=O) groups excluding carboxylic acids is 1. The topological polar surface area (TPSA) is 60.2 Å². The highest BCUT2D eigenvalue weighted by Crippen LogP contribution is 2.29. The van der Waals surface area contributed by atoms with E-state index in [9.17, 15) is 4.79 Å². The van der Waals surface area contributed by atoms with Crippen LogP contribution in [0.2, 0.25) is 0 Å². The minimum absolute atomic E-state index is 0.0777. The molecule has 1 saturated carbocycles. The van der Waals surface area contributed by atoms with E-state index in [2.05, 4.69) is 9.97 Å². The molecule has 1 aliphatic heterocycles. The van der Waals surface area contributed by atoms with Crippen molar-refractivity contribution < 1.29 is 9.53 Å². The molecule has 0 spiro atoms. The second-order valence-electron chi connectivity index (χ2n) is 6.13. The van der Waals surface area contributed by atoms with Crippen LogP contribution in [0.1, 0.15) is 36.0 Å². The zero-order valence-corrected chi connectivity index (χ0v) is 13.0. The Morgan fingerprint density at radius 2 is 2.17 bits per heavy atom. The third-order valence-electron chi connectivity index (χ3n) is 4.75. The molecule has 1 amide bonds. The van der Waals surface area contributed by atoms with Crippen molar-refractivity contribution in [1.29, 1.82) is 0 Å². The molecule has 1 aliphatic carbocycles. The van der Waals surface area contributed by atoms with Gasteiger partial charge in [0.25, 0.3) is 5.91 Å². The maximum atomic E-state index is 13.0. The Hall–Kier alpha value is -2.21. The van der Waals surface area contributed by atoms with Crippen LogP contribution in [0.25, 0.3) is 5.82 Å². The molecule has 0 unspecified atom stereocenters. The van der Waals surface area contributed by atoms with Gasteiger partial charge in [-0.3, -0.25) is 9.36 Å². The van der Waals surface area contributed by atoms with Gasteiger partial charge in [-0.25, -0.2) is 9.97 Å². The smallest absolute Gasteiger partial charge is 0.254 e. The molecular weight excluding hydrogens is 292 g/mol. The van der Waals surface area contributed by atoms with Crippen LogP contribution in [0, 0.1) is 0 Å². The van der Waals surface area contributed by atoms with Crippen LogP contribution in [-0.4, -0.2) is 50.6 Å². The van der Waals surface area contributed by atoms with Gasteiger partial charge in [-0.15, -0.1) is 0 Å². The number of nitrogens with zero attached hydrogens (tertiary/aromatic N) is 4. The lowest BCUT2D eigenvalue weighted by Gasteiger charge is -2.43. The Bertz CT molecular complexity index is 684. The molecular formula is C17H20N4O2. The number of imidazole rings is 1. The zero-order valence-electron chi connectivity index (χ0n) is 13.0. The number of carbonyl (C=O) groups is 1. The van der Waals surface area contributed by atoms with E-state index in [0.717, 1.165) is 12.8 Å². The summed E-state index contributed by atoms with van der Waals surface area (Å²) in [5.74, 6) is 0.788. The maximum Gasteiger partial charge on any atom is 0.254 e. The van der Waals surface area contributed by atoms with Crippen molar-refractivity contribution in [1.82, 2.24) is 19.4 Å². The van der Waals surface area contributed by atoms with E-state index in [1.165, 1.54) is 12.8 Å². The standard InChI is InChI=1S/C17H20N4O2/c22-17(21-9-10-23-15-4-2-1-3-14(15)21)13-5-6-19-16(11-13)20-8-7-18-12-20/h5-8,11-12,14-15H,1-4,9-10H2/t14-,15-/m0/s1. The highest BCUT2D eigenvalue weighted by atomic mass is 16.5. The van der Waals surface area contributed by atoms with Gasteiger partial charge in [-0.2, -0.15) is 0 Å². The summed E-state index contributed by atoms with van der Waals surface area (Å²) >= 11 is 0. The Balaban J connectivity index is 1.60. The number of ether oxygens (including phenoxy) is 1. The highest BCUT2D eigenvalue weighted by molar-refractivity contribution is 5.94. The maximum absolute atomic E-state index is 13.0. The van der Waals surface area contributed by atoms with Crippen molar-refractivity contribution in [2.24, 2.45) is 0 Å². The quantitative estimate of drug-likeness (QED) is 0.851. The van der Waals surface area contributed by atoms with Crippen molar-refractivity contribution >= 4 is 5.91 Å². The van der Waals surface area contributed by atoms with E-state index in [1.807, 2.05) is 17.2 Å². The largest absolute Gasteiger partial charge is 0.374 e. The summed E-state index contributed by atoms with van der Waals surface area (Å²) in [6.45, 7) is 1.30. The van der Waals surface area contributed by atoms with Gasteiger partial charge in [-0.05, 0) is 25.0 Å². The second kappa shape index (κ2) is 6.12. The highest BCUT2D eigenvalue weighted by Gasteiger charge is 2.37. The van der Waals surface area contributed by atoms with Gasteiger partial charge in [0.2, 0.25) is 0 Å². The van der Waals surface area contributed by atoms with Crippen molar-refractivity contribution in [3.63, 3.8) is 0 Å². The third-order valence-corrected chi connectivity index (χ3v) is 4.75. The number of rotatable bonds is 2. The van der Waals surface area contributed by atoms with E-state index < -0.39 is 0 Å². The first-order valence-electron chi connectivity index (χ1n) is 8.20. The van der Waals surface area contributed by atoms with Gasteiger partial charge in [0.15, 0.2) is 0 Å². The number of hydrogen-bond donors (Lipinski definition) is 0. The fraction of sp³-hybridized carbons (Fsp3) is 0.471. The molecule has 2 atom stereocenters. The molecule has 2 fully saturated rings. The molecule has 2 aromatic rings. The molecule has 1 saturated heterocycles. The summed E-state index contributed by atoms with van der Waals surface area (Å²) in [4.78, 5) is 23.3. The predicted molar refractivity (Wildman–Crippen MR) is 84.4 cm³/mol. The Morgan fingerprint density at radius 3 is 3.04 bits per heavy atom. The summed E-state index contributed by atoms with van der Waals surface area (Å²) < 4.78 is 7.67. The van der Waals surface area contributed by atoms with Crippen LogP contribution in [0.3, 0.4) is 0 Å². The molecule has 3 heterocycles. The van der Waals surface area contributed by atoms with Gasteiger partial charge in [0.05, 0.1) is 18.8 Å². The van der Waals surface area contributed by atoms with Crippen molar-refractivity contribution in [2.75, 3.05) is 13.2 Å². The molecule has 4 rings (SSSR count). The van der Waals surface area contributed by atoms with E-state index in [-0.39, 0.29) is 18.1 Å². The Morgan fingerprint density at radius 1 is 1.26 bits per heavy atom. The summed E-state index contributed by atoms with van der Waals surface area (Å²) in [5.41, 5.74) is 0.676. The predicted octanol–water partition coefficient (Wildman–Crippen LogP) is 2.05. The first kappa shape index (κ1) is 14.4. The van der Waals surface area contributed by atoms with Crippen molar-refractivity contribution in [3.8, 4) is 5.82 Å². The molecule has 23 heavy (non-hydrogen) atoms. The van der Waals surface area contributed by atoms with Crippen LogP contribution in [0.15, 0.2) is 37.1 Å². The Labute approximate surface area is 135 Å². The van der Waals surface area contributed by atoms with Crippen LogP contribution in [-0.2, 0) is 4.74 Å². The number of hydrogen-bond acceptors (Lipinski definition) is 4. The van der Waals surface area contributed by atoms with Crippen LogP contribution in [0.4, 0.5) is 0 Å². The molecule has 6 nitrogen and oxygen atoms in total. The summed E-state index contributed by atoms with van der Waals surface area (Å²) in [7, 11) is 0. The first-order chi connectivity index (χ1) is 11.3. The minimum Gasteiger partial charge on any atom is -0.374 e. The van der Waals surface area contributed by atoms with E-state index in [0.29, 0.717) is 24.5 Å². The van der Waals surface area contributed by atoms with Crippen LogP contribution in [0.5, 0.6) is 0 Å². The van der Waals surface area contributed by atoms with Gasteiger partial charge in [0, 0.05) is 30.7 Å². The third kappa shape index (κ3) is 2.74. The normalized spacial score (nSPS) is 24.3. The van der Waals surface area contributed by atoms with Crippen molar-refractivity contribution in [2.45, 2.75) is 37.8 Å². The number of aromatic nitrogens is 3. The monoisotopic (exact) mass is 312 g/mol. The van der Waals surface area contributed by atoms with Gasteiger partial charge < -0.3 is 9.64 Å². The molecule has 2 aromatic heterocycles.